The topological polar surface area (TPSA) is 108 Å². The van der Waals surface area contributed by atoms with Crippen molar-refractivity contribution in [3.8, 4) is 0 Å². The first-order valence-corrected chi connectivity index (χ1v) is 13.2. The highest BCUT2D eigenvalue weighted by Crippen LogP contribution is 2.29. The molecule has 5 rings (SSSR count). The molecule has 0 aliphatic carbocycles. The molecule has 35 heavy (non-hydrogen) atoms. The average molecular weight is 507 g/mol. The van der Waals surface area contributed by atoms with Gasteiger partial charge in [0.1, 0.15) is 0 Å². The van der Waals surface area contributed by atoms with Crippen molar-refractivity contribution in [2.24, 2.45) is 0 Å². The van der Waals surface area contributed by atoms with Crippen LogP contribution < -0.4 is 10.6 Å². The van der Waals surface area contributed by atoms with Gasteiger partial charge in [-0.3, -0.25) is 14.9 Å². The Kier molecular flexibility index (Phi) is 6.10. The lowest BCUT2D eigenvalue weighted by atomic mass is 10.0. The van der Waals surface area contributed by atoms with Crippen molar-refractivity contribution in [3.05, 3.63) is 83.4 Å². The van der Waals surface area contributed by atoms with Crippen molar-refractivity contribution >= 4 is 54.2 Å². The van der Waals surface area contributed by atoms with E-state index in [9.17, 15) is 18.0 Å². The number of hydrogen-bond donors (Lipinski definition) is 2. The lowest BCUT2D eigenvalue weighted by Crippen LogP contribution is -2.35. The Morgan fingerprint density at radius 2 is 1.71 bits per heavy atom. The molecule has 1 aliphatic heterocycles. The van der Waals surface area contributed by atoms with E-state index in [0.717, 1.165) is 10.3 Å². The molecular weight excluding hydrogens is 484 g/mol. The maximum Gasteiger partial charge on any atom is 0.257 e. The fourth-order valence-electron chi connectivity index (χ4n) is 4.03. The molecule has 2 heterocycles. The Morgan fingerprint density at radius 1 is 0.971 bits per heavy atom. The van der Waals surface area contributed by atoms with Gasteiger partial charge < -0.3 is 5.32 Å². The number of thiazole rings is 1. The van der Waals surface area contributed by atoms with Gasteiger partial charge in [-0.15, -0.1) is 0 Å². The van der Waals surface area contributed by atoms with Crippen LogP contribution >= 0.6 is 11.3 Å². The second-order valence-electron chi connectivity index (χ2n) is 8.22. The molecule has 0 saturated carbocycles. The standard InChI is InChI=1S/C25H22N4O4S2/c1-16(30)26-20-8-11-22-23(14-20)34-25(27-22)28-24(31)18-6-9-21(10-7-18)35(32,33)29-13-12-17-4-2-3-5-19(17)15-29/h2-11,14H,12-13,15H2,1H3,(H,26,30)(H,27,28,31). The molecule has 0 atom stereocenters. The van der Waals surface area contributed by atoms with E-state index < -0.39 is 10.0 Å². The van der Waals surface area contributed by atoms with Gasteiger partial charge in [0.2, 0.25) is 15.9 Å². The number of aromatic nitrogens is 1. The van der Waals surface area contributed by atoms with Crippen LogP contribution in [-0.2, 0) is 27.8 Å². The molecule has 0 unspecified atom stereocenters. The summed E-state index contributed by atoms with van der Waals surface area (Å²) in [6, 6.07) is 19.1. The zero-order chi connectivity index (χ0) is 24.6. The Hall–Kier alpha value is -3.60. The van der Waals surface area contributed by atoms with E-state index >= 15 is 0 Å². The zero-order valence-corrected chi connectivity index (χ0v) is 20.4. The number of rotatable bonds is 5. The van der Waals surface area contributed by atoms with Crippen molar-refractivity contribution in [2.45, 2.75) is 24.8 Å². The molecular formula is C25H22N4O4S2. The predicted molar refractivity (Wildman–Crippen MR) is 136 cm³/mol. The maximum atomic E-state index is 13.2. The van der Waals surface area contributed by atoms with Crippen LogP contribution in [-0.4, -0.2) is 36.1 Å². The van der Waals surface area contributed by atoms with Gasteiger partial charge in [0, 0.05) is 31.3 Å². The number of amides is 2. The summed E-state index contributed by atoms with van der Waals surface area (Å²) in [7, 11) is -3.67. The molecule has 0 spiro atoms. The molecule has 3 aromatic carbocycles. The number of carbonyl (C=O) groups is 2. The van der Waals surface area contributed by atoms with E-state index in [1.807, 2.05) is 24.3 Å². The Morgan fingerprint density at radius 3 is 2.46 bits per heavy atom. The maximum absolute atomic E-state index is 13.2. The van der Waals surface area contributed by atoms with Crippen LogP contribution in [0.3, 0.4) is 0 Å². The average Bonchev–Trinajstić information content (AvgIpc) is 3.25. The number of benzene rings is 3. The molecule has 178 valence electrons. The van der Waals surface area contributed by atoms with Gasteiger partial charge in [-0.25, -0.2) is 13.4 Å². The highest BCUT2D eigenvalue weighted by atomic mass is 32.2. The Balaban J connectivity index is 1.29. The summed E-state index contributed by atoms with van der Waals surface area (Å²) in [5.41, 5.74) is 3.86. The number of nitrogens with one attached hydrogen (secondary N) is 2. The number of nitrogens with zero attached hydrogens (tertiary/aromatic N) is 2. The second-order valence-corrected chi connectivity index (χ2v) is 11.2. The minimum Gasteiger partial charge on any atom is -0.326 e. The quantitative estimate of drug-likeness (QED) is 0.421. The van der Waals surface area contributed by atoms with Gasteiger partial charge in [0.25, 0.3) is 5.91 Å². The molecule has 2 N–H and O–H groups in total. The van der Waals surface area contributed by atoms with Gasteiger partial charge in [0.05, 0.1) is 15.1 Å². The minimum atomic E-state index is -3.67. The highest BCUT2D eigenvalue weighted by Gasteiger charge is 2.28. The first kappa shape index (κ1) is 23.2. The van der Waals surface area contributed by atoms with Crippen molar-refractivity contribution in [2.75, 3.05) is 17.2 Å². The third kappa shape index (κ3) is 4.81. The van der Waals surface area contributed by atoms with Crippen molar-refractivity contribution in [1.29, 1.82) is 0 Å². The van der Waals surface area contributed by atoms with E-state index in [4.69, 9.17) is 0 Å². The number of hydrogen-bond acceptors (Lipinski definition) is 6. The van der Waals surface area contributed by atoms with Crippen LogP contribution in [0.15, 0.2) is 71.6 Å². The summed E-state index contributed by atoms with van der Waals surface area (Å²) in [5, 5.41) is 5.89. The SMILES string of the molecule is CC(=O)Nc1ccc2nc(NC(=O)c3ccc(S(=O)(=O)N4CCc5ccccc5C4)cc3)sc2c1. The predicted octanol–water partition coefficient (Wildman–Crippen LogP) is 4.25. The van der Waals surface area contributed by atoms with Gasteiger partial charge in [-0.1, -0.05) is 35.6 Å². The molecule has 10 heteroatoms. The van der Waals surface area contributed by atoms with E-state index in [1.165, 1.54) is 52.4 Å². The lowest BCUT2D eigenvalue weighted by molar-refractivity contribution is -0.114. The number of sulfonamides is 1. The van der Waals surface area contributed by atoms with Crippen LogP contribution in [0, 0.1) is 0 Å². The number of fused-ring (bicyclic) bond motifs is 2. The van der Waals surface area contributed by atoms with E-state index in [1.54, 1.807) is 18.2 Å². The number of carbonyl (C=O) groups excluding carboxylic acids is 2. The first-order chi connectivity index (χ1) is 16.8. The molecule has 0 saturated heterocycles. The van der Waals surface area contributed by atoms with Crippen LogP contribution in [0.1, 0.15) is 28.4 Å². The van der Waals surface area contributed by atoms with Gasteiger partial charge in [0.15, 0.2) is 5.13 Å². The normalized spacial score (nSPS) is 13.9. The molecule has 0 fully saturated rings. The molecule has 2 amide bonds. The number of anilines is 2. The van der Waals surface area contributed by atoms with Crippen molar-refractivity contribution < 1.29 is 18.0 Å². The summed E-state index contributed by atoms with van der Waals surface area (Å²) in [5.74, 6) is -0.556. The second kappa shape index (κ2) is 9.21. The van der Waals surface area contributed by atoms with Crippen LogP contribution in [0.2, 0.25) is 0 Å². The van der Waals surface area contributed by atoms with Gasteiger partial charge in [-0.05, 0) is 60.0 Å². The largest absolute Gasteiger partial charge is 0.326 e. The van der Waals surface area contributed by atoms with Crippen LogP contribution in [0.5, 0.6) is 0 Å². The summed E-state index contributed by atoms with van der Waals surface area (Å²) in [4.78, 5) is 28.6. The molecule has 4 aromatic rings. The van der Waals surface area contributed by atoms with Gasteiger partial charge in [-0.2, -0.15) is 4.31 Å². The third-order valence-electron chi connectivity index (χ3n) is 5.78. The van der Waals surface area contributed by atoms with E-state index in [2.05, 4.69) is 15.6 Å². The monoisotopic (exact) mass is 506 g/mol. The zero-order valence-electron chi connectivity index (χ0n) is 18.8. The fraction of sp³-hybridized carbons (Fsp3) is 0.160. The van der Waals surface area contributed by atoms with Crippen molar-refractivity contribution in [3.63, 3.8) is 0 Å². The smallest absolute Gasteiger partial charge is 0.257 e. The summed E-state index contributed by atoms with van der Waals surface area (Å²) >= 11 is 1.29. The van der Waals surface area contributed by atoms with Gasteiger partial charge >= 0.3 is 0 Å². The Bertz CT molecular complexity index is 1550. The molecule has 1 aromatic heterocycles. The Labute approximate surface area is 206 Å². The van der Waals surface area contributed by atoms with E-state index in [0.29, 0.717) is 41.4 Å². The summed E-state index contributed by atoms with van der Waals surface area (Å²) in [6.45, 7) is 2.19. The molecule has 8 nitrogen and oxygen atoms in total. The van der Waals surface area contributed by atoms with Crippen LogP contribution in [0.25, 0.3) is 10.2 Å². The fourth-order valence-corrected chi connectivity index (χ4v) is 6.35. The summed E-state index contributed by atoms with van der Waals surface area (Å²) in [6.07, 6.45) is 0.671. The lowest BCUT2D eigenvalue weighted by Gasteiger charge is -2.28. The van der Waals surface area contributed by atoms with Crippen molar-refractivity contribution in [1.82, 2.24) is 9.29 Å². The molecule has 1 aliphatic rings. The molecule has 0 bridgehead atoms. The first-order valence-electron chi connectivity index (χ1n) is 11.0. The summed E-state index contributed by atoms with van der Waals surface area (Å²) < 4.78 is 28.6. The van der Waals surface area contributed by atoms with Crippen LogP contribution in [0.4, 0.5) is 10.8 Å². The third-order valence-corrected chi connectivity index (χ3v) is 8.57. The highest BCUT2D eigenvalue weighted by molar-refractivity contribution is 7.89. The van der Waals surface area contributed by atoms with E-state index in [-0.39, 0.29) is 16.7 Å². The minimum absolute atomic E-state index is 0.152. The molecule has 0 radical (unpaired) electrons.